The van der Waals surface area contributed by atoms with Gasteiger partial charge < -0.3 is 0 Å². The summed E-state index contributed by atoms with van der Waals surface area (Å²) < 4.78 is 1.91. The molecule has 0 saturated carbocycles. The van der Waals surface area contributed by atoms with Gasteiger partial charge >= 0.3 is 0 Å². The molecule has 126 valence electrons. The molecule has 0 radical (unpaired) electrons. The molecule has 0 amide bonds. The van der Waals surface area contributed by atoms with Gasteiger partial charge in [-0.2, -0.15) is 10.2 Å². The van der Waals surface area contributed by atoms with Gasteiger partial charge in [0.1, 0.15) is 0 Å². The van der Waals surface area contributed by atoms with E-state index >= 15 is 0 Å². The summed E-state index contributed by atoms with van der Waals surface area (Å²) in [6.45, 7) is 10.2. The van der Waals surface area contributed by atoms with Gasteiger partial charge in [0.05, 0.1) is 22.9 Å². The molecule has 1 N–H and O–H groups in total. The Labute approximate surface area is 143 Å². The molecular weight excluding hydrogens is 296 g/mol. The minimum atomic E-state index is 1.10. The van der Waals surface area contributed by atoms with Gasteiger partial charge in [-0.1, -0.05) is 43.7 Å². The number of rotatable bonds is 0. The number of fused-ring (bicyclic) bond motifs is 2. The van der Waals surface area contributed by atoms with Crippen LogP contribution in [-0.2, 0) is 7.05 Å². The average Bonchev–Trinajstić information content (AvgIpc) is 3.16. The van der Waals surface area contributed by atoms with Crippen LogP contribution in [-0.4, -0.2) is 20.0 Å². The smallest absolute Gasteiger partial charge is 0.0681 e. The monoisotopic (exact) mass is 322 g/mol. The van der Waals surface area contributed by atoms with Crippen LogP contribution in [0.25, 0.3) is 21.8 Å². The molecule has 0 atom stereocenters. The van der Waals surface area contributed by atoms with E-state index in [-0.39, 0.29) is 0 Å². The fourth-order valence-electron chi connectivity index (χ4n) is 2.82. The minimum Gasteiger partial charge on any atom is -0.278 e. The molecule has 4 aromatic rings. The van der Waals surface area contributed by atoms with Gasteiger partial charge in [0.25, 0.3) is 0 Å². The van der Waals surface area contributed by atoms with Crippen LogP contribution in [0.15, 0.2) is 42.6 Å². The molecule has 0 fully saturated rings. The molecule has 4 heteroatoms. The molecule has 0 unspecified atom stereocenters. The number of benzene rings is 2. The number of aromatic amines is 1. The number of nitrogens with one attached hydrogen (secondary N) is 1. The van der Waals surface area contributed by atoms with Gasteiger partial charge in [0, 0.05) is 17.8 Å². The second kappa shape index (κ2) is 7.77. The van der Waals surface area contributed by atoms with Crippen LogP contribution in [0.3, 0.4) is 0 Å². The van der Waals surface area contributed by atoms with E-state index < -0.39 is 0 Å². The topological polar surface area (TPSA) is 46.5 Å². The maximum Gasteiger partial charge on any atom is 0.0681 e. The summed E-state index contributed by atoms with van der Waals surface area (Å²) >= 11 is 0. The highest BCUT2D eigenvalue weighted by atomic mass is 15.3. The fourth-order valence-corrected chi connectivity index (χ4v) is 2.82. The van der Waals surface area contributed by atoms with Crippen molar-refractivity contribution in [2.45, 2.75) is 34.6 Å². The molecule has 0 bridgehead atoms. The van der Waals surface area contributed by atoms with Gasteiger partial charge in [0.2, 0.25) is 0 Å². The van der Waals surface area contributed by atoms with E-state index in [1.165, 1.54) is 27.4 Å². The zero-order valence-electron chi connectivity index (χ0n) is 15.4. The van der Waals surface area contributed by atoms with Crippen LogP contribution in [0, 0.1) is 20.8 Å². The van der Waals surface area contributed by atoms with E-state index in [1.54, 1.807) is 0 Å². The molecule has 0 aliphatic carbocycles. The van der Waals surface area contributed by atoms with E-state index in [0.717, 1.165) is 11.2 Å². The highest BCUT2D eigenvalue weighted by Gasteiger charge is 2.01. The summed E-state index contributed by atoms with van der Waals surface area (Å²) in [7, 11) is 1.97. The Balaban J connectivity index is 0.000000158. The maximum atomic E-state index is 4.31. The predicted octanol–water partition coefficient (Wildman–Crippen LogP) is 5.09. The Hall–Kier alpha value is -2.62. The first-order chi connectivity index (χ1) is 11.6. The lowest BCUT2D eigenvalue weighted by molar-refractivity contribution is 0.783. The molecule has 0 saturated heterocycles. The van der Waals surface area contributed by atoms with E-state index in [4.69, 9.17) is 0 Å². The third kappa shape index (κ3) is 3.65. The average molecular weight is 322 g/mol. The van der Waals surface area contributed by atoms with Gasteiger partial charge in [-0.15, -0.1) is 0 Å². The predicted molar refractivity (Wildman–Crippen MR) is 102 cm³/mol. The van der Waals surface area contributed by atoms with Crippen molar-refractivity contribution in [3.63, 3.8) is 0 Å². The first-order valence-electron chi connectivity index (χ1n) is 8.35. The molecule has 2 aromatic heterocycles. The minimum absolute atomic E-state index is 1.10. The zero-order valence-corrected chi connectivity index (χ0v) is 15.4. The number of nitrogens with zero attached hydrogens (tertiary/aromatic N) is 3. The van der Waals surface area contributed by atoms with Crippen molar-refractivity contribution in [1.29, 1.82) is 0 Å². The summed E-state index contributed by atoms with van der Waals surface area (Å²) in [5.41, 5.74) is 6.00. The Kier molecular flexibility index (Phi) is 5.74. The zero-order chi connectivity index (χ0) is 17.7. The first kappa shape index (κ1) is 17.7. The summed E-state index contributed by atoms with van der Waals surface area (Å²) in [5.74, 6) is 0. The number of hydrogen-bond donors (Lipinski definition) is 1. The van der Waals surface area contributed by atoms with Crippen molar-refractivity contribution >= 4 is 21.8 Å². The highest BCUT2D eigenvalue weighted by Crippen LogP contribution is 2.17. The SMILES string of the molecule is CC.Cc1cc(C)c2[nH]ncc2c1.Cc1nn(C)c2ccccc12. The quantitative estimate of drug-likeness (QED) is 0.490. The molecule has 2 heterocycles. The van der Waals surface area contributed by atoms with Gasteiger partial charge in [0.15, 0.2) is 0 Å². The molecule has 0 spiro atoms. The van der Waals surface area contributed by atoms with Crippen LogP contribution in [0.5, 0.6) is 0 Å². The standard InChI is InChI=1S/2C9H10N2.C2H6/c1-6-3-7(2)9-8(4-6)5-10-11-9;1-7-8-5-3-4-6-9(8)11(2)10-7;1-2/h3-5H,1-2H3,(H,10,11);3-6H,1-2H3;1-2H3. The summed E-state index contributed by atoms with van der Waals surface area (Å²) in [6, 6.07) is 12.5. The van der Waals surface area contributed by atoms with Crippen LogP contribution in [0.1, 0.15) is 30.7 Å². The second-order valence-corrected chi connectivity index (χ2v) is 5.64. The molecule has 4 rings (SSSR count). The van der Waals surface area contributed by atoms with Gasteiger partial charge in [-0.05, 0) is 38.5 Å². The third-order valence-corrected chi connectivity index (χ3v) is 3.83. The Morgan fingerprint density at radius 1 is 1.00 bits per heavy atom. The molecule has 0 aliphatic heterocycles. The molecule has 2 aromatic carbocycles. The Morgan fingerprint density at radius 3 is 2.42 bits per heavy atom. The normalized spacial score (nSPS) is 10.1. The van der Waals surface area contributed by atoms with Crippen molar-refractivity contribution in [3.8, 4) is 0 Å². The van der Waals surface area contributed by atoms with Crippen LogP contribution in [0.4, 0.5) is 0 Å². The van der Waals surface area contributed by atoms with E-state index in [2.05, 4.69) is 53.4 Å². The lowest BCUT2D eigenvalue weighted by atomic mass is 10.1. The fraction of sp³-hybridized carbons (Fsp3) is 0.300. The van der Waals surface area contributed by atoms with Crippen molar-refractivity contribution in [2.75, 3.05) is 0 Å². The number of para-hydroxylation sites is 1. The lowest BCUT2D eigenvalue weighted by Gasteiger charge is -1.96. The second-order valence-electron chi connectivity index (χ2n) is 5.64. The van der Waals surface area contributed by atoms with Crippen molar-refractivity contribution in [1.82, 2.24) is 20.0 Å². The van der Waals surface area contributed by atoms with Gasteiger partial charge in [-0.3, -0.25) is 9.78 Å². The molecule has 0 aliphatic rings. The molecule has 4 nitrogen and oxygen atoms in total. The van der Waals surface area contributed by atoms with E-state index in [9.17, 15) is 0 Å². The number of H-pyrrole nitrogens is 1. The van der Waals surface area contributed by atoms with Gasteiger partial charge in [-0.25, -0.2) is 0 Å². The first-order valence-corrected chi connectivity index (χ1v) is 8.35. The van der Waals surface area contributed by atoms with Crippen molar-refractivity contribution in [2.24, 2.45) is 7.05 Å². The lowest BCUT2D eigenvalue weighted by Crippen LogP contribution is -1.88. The highest BCUT2D eigenvalue weighted by molar-refractivity contribution is 5.82. The van der Waals surface area contributed by atoms with Crippen LogP contribution < -0.4 is 0 Å². The third-order valence-electron chi connectivity index (χ3n) is 3.83. The maximum absolute atomic E-state index is 4.31. The number of hydrogen-bond acceptors (Lipinski definition) is 2. The molecular formula is C20H26N4. The number of aryl methyl sites for hydroxylation is 4. The van der Waals surface area contributed by atoms with Crippen LogP contribution in [0.2, 0.25) is 0 Å². The summed E-state index contributed by atoms with van der Waals surface area (Å²) in [4.78, 5) is 0. The summed E-state index contributed by atoms with van der Waals surface area (Å²) in [5, 5.41) is 13.7. The Bertz CT molecular complexity index is 895. The molecule has 24 heavy (non-hydrogen) atoms. The Morgan fingerprint density at radius 2 is 1.71 bits per heavy atom. The largest absolute Gasteiger partial charge is 0.278 e. The van der Waals surface area contributed by atoms with Crippen LogP contribution >= 0.6 is 0 Å². The van der Waals surface area contributed by atoms with E-state index in [1.807, 2.05) is 50.8 Å². The van der Waals surface area contributed by atoms with Crippen molar-refractivity contribution < 1.29 is 0 Å². The van der Waals surface area contributed by atoms with E-state index in [0.29, 0.717) is 0 Å². The number of aromatic nitrogens is 4. The summed E-state index contributed by atoms with van der Waals surface area (Å²) in [6.07, 6.45) is 1.86. The van der Waals surface area contributed by atoms with Crippen molar-refractivity contribution in [3.05, 3.63) is 59.4 Å².